The number of aromatic nitrogens is 1. The fourth-order valence-corrected chi connectivity index (χ4v) is 3.58. The molecule has 2 heterocycles. The molecule has 116 valence electrons. The summed E-state index contributed by atoms with van der Waals surface area (Å²) in [5.74, 6) is 0. The second-order valence-electron chi connectivity index (χ2n) is 5.77. The highest BCUT2D eigenvalue weighted by atomic mass is 79.9. The molecule has 0 aliphatic carbocycles. The van der Waals surface area contributed by atoms with Crippen LogP contribution in [0.3, 0.4) is 0 Å². The minimum Gasteiger partial charge on any atom is -0.315 e. The van der Waals surface area contributed by atoms with Crippen LogP contribution in [0.1, 0.15) is 29.4 Å². The van der Waals surface area contributed by atoms with E-state index in [1.165, 1.54) is 12.0 Å². The van der Waals surface area contributed by atoms with Gasteiger partial charge in [-0.25, -0.2) is 0 Å². The minimum absolute atomic E-state index is 0.204. The maximum atomic E-state index is 4.81. The summed E-state index contributed by atoms with van der Waals surface area (Å²) in [6, 6.07) is 15.0. The molecule has 1 aliphatic rings. The average molecular weight is 360 g/mol. The lowest BCUT2D eigenvalue weighted by Crippen LogP contribution is -2.33. The van der Waals surface area contributed by atoms with Crippen LogP contribution in [0.2, 0.25) is 0 Å². The van der Waals surface area contributed by atoms with E-state index in [0.717, 1.165) is 42.0 Å². The summed E-state index contributed by atoms with van der Waals surface area (Å²) >= 11 is 3.73. The van der Waals surface area contributed by atoms with E-state index in [4.69, 9.17) is 4.98 Å². The lowest BCUT2D eigenvalue weighted by molar-refractivity contribution is 0.236. The minimum atomic E-state index is 0.204. The second-order valence-corrected chi connectivity index (χ2v) is 6.62. The number of rotatable bonds is 3. The van der Waals surface area contributed by atoms with E-state index in [1.807, 2.05) is 0 Å². The van der Waals surface area contributed by atoms with Gasteiger partial charge < -0.3 is 5.32 Å². The summed E-state index contributed by atoms with van der Waals surface area (Å²) in [4.78, 5) is 7.36. The molecule has 0 spiro atoms. The molecule has 22 heavy (non-hydrogen) atoms. The van der Waals surface area contributed by atoms with E-state index in [2.05, 4.69) is 75.5 Å². The Morgan fingerprint density at radius 3 is 2.77 bits per heavy atom. The first-order chi connectivity index (χ1) is 10.8. The molecule has 1 aromatic heterocycles. The molecule has 1 unspecified atom stereocenters. The third kappa shape index (κ3) is 3.57. The maximum Gasteiger partial charge on any atom is 0.0787 e. The Labute approximate surface area is 140 Å². The van der Waals surface area contributed by atoms with E-state index in [1.54, 1.807) is 0 Å². The Balaban J connectivity index is 2.03. The van der Waals surface area contributed by atoms with Crippen LogP contribution >= 0.6 is 15.9 Å². The Morgan fingerprint density at radius 2 is 1.95 bits per heavy atom. The van der Waals surface area contributed by atoms with Crippen LogP contribution < -0.4 is 5.32 Å². The number of aryl methyl sites for hydroxylation is 1. The largest absolute Gasteiger partial charge is 0.315 e. The quantitative estimate of drug-likeness (QED) is 0.908. The molecular weight excluding hydrogens is 338 g/mol. The van der Waals surface area contributed by atoms with Crippen LogP contribution in [-0.4, -0.2) is 36.1 Å². The van der Waals surface area contributed by atoms with Crippen molar-refractivity contribution >= 4 is 15.9 Å². The van der Waals surface area contributed by atoms with Gasteiger partial charge in [-0.05, 0) is 43.7 Å². The third-order valence-corrected chi connectivity index (χ3v) is 4.85. The number of pyridine rings is 1. The number of nitrogens with zero attached hydrogens (tertiary/aromatic N) is 2. The lowest BCUT2D eigenvalue weighted by atomic mass is 10.0. The van der Waals surface area contributed by atoms with Gasteiger partial charge >= 0.3 is 0 Å². The number of hydrogen-bond donors (Lipinski definition) is 1. The average Bonchev–Trinajstić information content (AvgIpc) is 2.79. The zero-order valence-corrected chi connectivity index (χ0v) is 14.5. The molecule has 0 amide bonds. The van der Waals surface area contributed by atoms with Crippen LogP contribution in [-0.2, 0) is 0 Å². The summed E-state index contributed by atoms with van der Waals surface area (Å²) in [5, 5.41) is 3.49. The fourth-order valence-electron chi connectivity index (χ4n) is 3.08. The van der Waals surface area contributed by atoms with Crippen molar-refractivity contribution < 1.29 is 0 Å². The molecule has 2 aromatic rings. The van der Waals surface area contributed by atoms with Crippen molar-refractivity contribution in [3.8, 4) is 0 Å². The van der Waals surface area contributed by atoms with Crippen molar-refractivity contribution in [2.75, 3.05) is 26.2 Å². The van der Waals surface area contributed by atoms with E-state index in [0.29, 0.717) is 0 Å². The predicted molar refractivity (Wildman–Crippen MR) is 94.0 cm³/mol. The van der Waals surface area contributed by atoms with Gasteiger partial charge in [0.25, 0.3) is 0 Å². The Bertz CT molecular complexity index is 621. The fraction of sp³-hybridized carbons (Fsp3) is 0.389. The van der Waals surface area contributed by atoms with E-state index in [-0.39, 0.29) is 6.04 Å². The summed E-state index contributed by atoms with van der Waals surface area (Å²) < 4.78 is 1.15. The number of nitrogens with one attached hydrogen (secondary N) is 1. The third-order valence-electron chi connectivity index (χ3n) is 4.13. The summed E-state index contributed by atoms with van der Waals surface area (Å²) in [7, 11) is 0. The van der Waals surface area contributed by atoms with Crippen LogP contribution in [0.25, 0.3) is 0 Å². The molecule has 3 nitrogen and oxygen atoms in total. The van der Waals surface area contributed by atoms with Gasteiger partial charge in [0.05, 0.1) is 11.7 Å². The smallest absolute Gasteiger partial charge is 0.0787 e. The number of hydrogen-bond acceptors (Lipinski definition) is 3. The molecule has 1 aromatic carbocycles. The summed E-state index contributed by atoms with van der Waals surface area (Å²) in [5.41, 5.74) is 3.50. The zero-order chi connectivity index (χ0) is 15.4. The van der Waals surface area contributed by atoms with Crippen molar-refractivity contribution in [1.29, 1.82) is 0 Å². The van der Waals surface area contributed by atoms with E-state index >= 15 is 0 Å². The van der Waals surface area contributed by atoms with Crippen molar-refractivity contribution in [1.82, 2.24) is 15.2 Å². The molecular formula is C18H22BrN3. The highest BCUT2D eigenvalue weighted by molar-refractivity contribution is 9.10. The molecule has 1 N–H and O–H groups in total. The lowest BCUT2D eigenvalue weighted by Gasteiger charge is -2.31. The summed E-state index contributed by atoms with van der Waals surface area (Å²) in [6.45, 7) is 6.33. The first-order valence-electron chi connectivity index (χ1n) is 7.88. The van der Waals surface area contributed by atoms with Gasteiger partial charge in [-0.1, -0.05) is 40.2 Å². The van der Waals surface area contributed by atoms with Gasteiger partial charge in [-0.15, -0.1) is 0 Å². The van der Waals surface area contributed by atoms with Crippen molar-refractivity contribution in [2.24, 2.45) is 0 Å². The predicted octanol–water partition coefficient (Wildman–Crippen LogP) is 3.54. The van der Waals surface area contributed by atoms with Gasteiger partial charge in [0, 0.05) is 29.8 Å². The van der Waals surface area contributed by atoms with Crippen molar-refractivity contribution in [2.45, 2.75) is 19.4 Å². The van der Waals surface area contributed by atoms with Gasteiger partial charge in [-0.3, -0.25) is 9.88 Å². The van der Waals surface area contributed by atoms with E-state index in [9.17, 15) is 0 Å². The van der Waals surface area contributed by atoms with Crippen LogP contribution in [0.15, 0.2) is 46.9 Å². The van der Waals surface area contributed by atoms with Gasteiger partial charge in [0.1, 0.15) is 0 Å². The molecule has 1 aliphatic heterocycles. The van der Waals surface area contributed by atoms with Crippen LogP contribution in [0, 0.1) is 6.92 Å². The topological polar surface area (TPSA) is 28.2 Å². The SMILES string of the molecule is Cc1cccc(C(c2ccccc2Br)N2CCCNCC2)n1. The first kappa shape index (κ1) is 15.7. The molecule has 0 saturated carbocycles. The monoisotopic (exact) mass is 359 g/mol. The van der Waals surface area contributed by atoms with Crippen molar-refractivity contribution in [3.63, 3.8) is 0 Å². The molecule has 0 bridgehead atoms. The Hall–Kier alpha value is -1.23. The highest BCUT2D eigenvalue weighted by Crippen LogP contribution is 2.32. The Morgan fingerprint density at radius 1 is 1.09 bits per heavy atom. The molecule has 1 fully saturated rings. The van der Waals surface area contributed by atoms with Crippen LogP contribution in [0.4, 0.5) is 0 Å². The van der Waals surface area contributed by atoms with E-state index < -0.39 is 0 Å². The molecule has 3 rings (SSSR count). The van der Waals surface area contributed by atoms with Gasteiger partial charge in [-0.2, -0.15) is 0 Å². The maximum absolute atomic E-state index is 4.81. The van der Waals surface area contributed by atoms with Crippen LogP contribution in [0.5, 0.6) is 0 Å². The normalized spacial score (nSPS) is 17.9. The highest BCUT2D eigenvalue weighted by Gasteiger charge is 2.25. The van der Waals surface area contributed by atoms with Crippen molar-refractivity contribution in [3.05, 3.63) is 63.9 Å². The zero-order valence-electron chi connectivity index (χ0n) is 12.9. The first-order valence-corrected chi connectivity index (χ1v) is 8.68. The Kier molecular flexibility index (Phi) is 5.24. The molecule has 1 atom stereocenters. The molecule has 0 radical (unpaired) electrons. The van der Waals surface area contributed by atoms with Gasteiger partial charge in [0.15, 0.2) is 0 Å². The summed E-state index contributed by atoms with van der Waals surface area (Å²) in [6.07, 6.45) is 1.17. The van der Waals surface area contributed by atoms with Gasteiger partial charge in [0.2, 0.25) is 0 Å². The molecule has 4 heteroatoms. The number of benzene rings is 1. The number of halogens is 1. The second kappa shape index (κ2) is 7.36. The molecule has 1 saturated heterocycles. The standard InChI is InChI=1S/C18H22BrN3/c1-14-6-4-9-17(21-14)18(15-7-2-3-8-16(15)19)22-12-5-10-20-11-13-22/h2-4,6-9,18,20H,5,10-13H2,1H3.